The van der Waals surface area contributed by atoms with Crippen LogP contribution in [0.15, 0.2) is 48.5 Å². The Morgan fingerprint density at radius 3 is 2.52 bits per heavy atom. The Morgan fingerprint density at radius 2 is 1.86 bits per heavy atom. The van der Waals surface area contributed by atoms with E-state index in [1.54, 1.807) is 24.3 Å². The average Bonchev–Trinajstić information content (AvgIpc) is 2.69. The molecule has 0 aliphatic heterocycles. The van der Waals surface area contributed by atoms with E-state index in [0.717, 1.165) is 6.26 Å². The molecular weight excluding hydrogens is 399 g/mol. The van der Waals surface area contributed by atoms with Gasteiger partial charge in [0.15, 0.2) is 0 Å². The molecule has 1 N–H and O–H groups in total. The quantitative estimate of drug-likeness (QED) is 0.561. The number of sulfonamides is 1. The zero-order valence-electron chi connectivity index (χ0n) is 16.4. The average molecular weight is 424 g/mol. The minimum atomic E-state index is -3.50. The van der Waals surface area contributed by atoms with Crippen LogP contribution in [-0.2, 0) is 14.8 Å². The maximum Gasteiger partial charge on any atom is 0.232 e. The van der Waals surface area contributed by atoms with E-state index in [0.29, 0.717) is 30.2 Å². The number of carbonyl (C=O) groups is 1. The maximum absolute atomic E-state index is 12.8. The van der Waals surface area contributed by atoms with E-state index in [2.05, 4.69) is 5.32 Å². The minimum absolute atomic E-state index is 0.172. The number of nitrogens with zero attached hydrogens (tertiary/aromatic N) is 1. The Balaban J connectivity index is 1.76. The normalized spacial score (nSPS) is 11.0. The van der Waals surface area contributed by atoms with Crippen LogP contribution in [0.3, 0.4) is 0 Å². The van der Waals surface area contributed by atoms with E-state index in [1.807, 2.05) is 0 Å². The molecule has 29 heavy (non-hydrogen) atoms. The van der Waals surface area contributed by atoms with Gasteiger partial charge in [-0.05, 0) is 42.8 Å². The fourth-order valence-electron chi connectivity index (χ4n) is 2.61. The SMILES string of the molecule is COc1cccc(N(CCCC(=O)NCCOc2ccc(F)cc2)S(C)(=O)=O)c1. The monoisotopic (exact) mass is 424 g/mol. The van der Waals surface area contributed by atoms with Crippen LogP contribution in [-0.4, -0.2) is 47.4 Å². The van der Waals surface area contributed by atoms with Crippen molar-refractivity contribution >= 4 is 21.6 Å². The second-order valence-corrected chi connectivity index (χ2v) is 8.20. The zero-order valence-corrected chi connectivity index (χ0v) is 17.2. The van der Waals surface area contributed by atoms with Crippen molar-refractivity contribution in [2.75, 3.05) is 37.4 Å². The van der Waals surface area contributed by atoms with Gasteiger partial charge in [-0.25, -0.2) is 12.8 Å². The summed E-state index contributed by atoms with van der Waals surface area (Å²) in [7, 11) is -1.99. The summed E-state index contributed by atoms with van der Waals surface area (Å²) in [6.07, 6.45) is 1.65. The molecule has 0 radical (unpaired) electrons. The van der Waals surface area contributed by atoms with Crippen LogP contribution in [0.25, 0.3) is 0 Å². The summed E-state index contributed by atoms with van der Waals surface area (Å²) in [5.74, 6) is 0.521. The van der Waals surface area contributed by atoms with E-state index >= 15 is 0 Å². The molecule has 0 spiro atoms. The summed E-state index contributed by atoms with van der Waals surface area (Å²) >= 11 is 0. The summed E-state index contributed by atoms with van der Waals surface area (Å²) < 4.78 is 48.8. The van der Waals surface area contributed by atoms with Gasteiger partial charge in [-0.15, -0.1) is 0 Å². The van der Waals surface area contributed by atoms with Crippen molar-refractivity contribution in [1.82, 2.24) is 5.32 Å². The molecule has 2 rings (SSSR count). The largest absolute Gasteiger partial charge is 0.497 e. The predicted octanol–water partition coefficient (Wildman–Crippen LogP) is 2.58. The van der Waals surface area contributed by atoms with Gasteiger partial charge in [0.2, 0.25) is 15.9 Å². The molecule has 0 saturated heterocycles. The Hall–Kier alpha value is -2.81. The van der Waals surface area contributed by atoms with Crippen LogP contribution >= 0.6 is 0 Å². The Kier molecular flexibility index (Phi) is 8.26. The number of hydrogen-bond acceptors (Lipinski definition) is 5. The van der Waals surface area contributed by atoms with Crippen LogP contribution in [0.4, 0.5) is 10.1 Å². The topological polar surface area (TPSA) is 84.9 Å². The van der Waals surface area contributed by atoms with Crippen LogP contribution in [0.2, 0.25) is 0 Å². The van der Waals surface area contributed by atoms with Gasteiger partial charge in [0.05, 0.1) is 25.6 Å². The first-order valence-corrected chi connectivity index (χ1v) is 10.9. The molecule has 0 aliphatic carbocycles. The highest BCUT2D eigenvalue weighted by molar-refractivity contribution is 7.92. The lowest BCUT2D eigenvalue weighted by molar-refractivity contribution is -0.121. The van der Waals surface area contributed by atoms with Crippen LogP contribution in [0.1, 0.15) is 12.8 Å². The number of benzene rings is 2. The summed E-state index contributed by atoms with van der Waals surface area (Å²) in [6.45, 7) is 0.712. The number of carbonyl (C=O) groups excluding carboxylic acids is 1. The van der Waals surface area contributed by atoms with E-state index in [4.69, 9.17) is 9.47 Å². The molecular formula is C20H25FN2O5S. The third-order valence-electron chi connectivity index (χ3n) is 4.01. The van der Waals surface area contributed by atoms with Gasteiger partial charge in [-0.3, -0.25) is 9.10 Å². The van der Waals surface area contributed by atoms with Gasteiger partial charge >= 0.3 is 0 Å². The third kappa shape index (κ3) is 7.61. The second-order valence-electron chi connectivity index (χ2n) is 6.29. The number of ether oxygens (including phenoxy) is 2. The summed E-state index contributed by atoms with van der Waals surface area (Å²) in [5.41, 5.74) is 0.486. The molecule has 0 atom stereocenters. The highest BCUT2D eigenvalue weighted by Crippen LogP contribution is 2.23. The molecule has 0 aliphatic rings. The van der Waals surface area contributed by atoms with Crippen molar-refractivity contribution in [3.63, 3.8) is 0 Å². The van der Waals surface area contributed by atoms with Gasteiger partial charge in [0.1, 0.15) is 23.9 Å². The van der Waals surface area contributed by atoms with Crippen molar-refractivity contribution in [1.29, 1.82) is 0 Å². The maximum atomic E-state index is 12.8. The summed E-state index contributed by atoms with van der Waals surface area (Å²) in [5, 5.41) is 2.71. The molecule has 0 heterocycles. The van der Waals surface area contributed by atoms with Crippen molar-refractivity contribution in [2.45, 2.75) is 12.8 Å². The second kappa shape index (κ2) is 10.7. The van der Waals surface area contributed by atoms with Crippen molar-refractivity contribution in [3.8, 4) is 11.5 Å². The standard InChI is InChI=1S/C20H25FN2O5S/c1-27-19-6-3-5-17(15-19)23(29(2,25)26)13-4-7-20(24)22-12-14-28-18-10-8-16(21)9-11-18/h3,5-6,8-11,15H,4,7,12-14H2,1-2H3,(H,22,24). The number of amides is 1. The number of hydrogen-bond donors (Lipinski definition) is 1. The van der Waals surface area contributed by atoms with Crippen LogP contribution in [0, 0.1) is 5.82 Å². The van der Waals surface area contributed by atoms with Crippen molar-refractivity contribution in [3.05, 3.63) is 54.3 Å². The Bertz CT molecular complexity index is 903. The van der Waals surface area contributed by atoms with E-state index in [1.165, 1.54) is 35.7 Å². The highest BCUT2D eigenvalue weighted by atomic mass is 32.2. The summed E-state index contributed by atoms with van der Waals surface area (Å²) in [4.78, 5) is 12.0. The minimum Gasteiger partial charge on any atom is -0.497 e. The lowest BCUT2D eigenvalue weighted by atomic mass is 10.2. The molecule has 158 valence electrons. The molecule has 1 amide bonds. The van der Waals surface area contributed by atoms with E-state index in [-0.39, 0.29) is 31.3 Å². The molecule has 0 unspecified atom stereocenters. The van der Waals surface area contributed by atoms with Gasteiger partial charge in [-0.1, -0.05) is 6.07 Å². The smallest absolute Gasteiger partial charge is 0.232 e. The van der Waals surface area contributed by atoms with E-state index in [9.17, 15) is 17.6 Å². The predicted molar refractivity (Wildman–Crippen MR) is 109 cm³/mol. The molecule has 0 bridgehead atoms. The first kappa shape index (κ1) is 22.5. The molecule has 0 aromatic heterocycles. The van der Waals surface area contributed by atoms with Crippen molar-refractivity contribution in [2.24, 2.45) is 0 Å². The van der Waals surface area contributed by atoms with Crippen molar-refractivity contribution < 1.29 is 27.1 Å². The molecule has 7 nitrogen and oxygen atoms in total. The molecule has 2 aromatic carbocycles. The van der Waals surface area contributed by atoms with Crippen LogP contribution in [0.5, 0.6) is 11.5 Å². The third-order valence-corrected chi connectivity index (χ3v) is 5.21. The molecule has 0 fully saturated rings. The van der Waals surface area contributed by atoms with E-state index < -0.39 is 10.0 Å². The first-order chi connectivity index (χ1) is 13.8. The highest BCUT2D eigenvalue weighted by Gasteiger charge is 2.18. The molecule has 0 saturated carbocycles. The van der Waals surface area contributed by atoms with Crippen LogP contribution < -0.4 is 19.1 Å². The number of anilines is 1. The lowest BCUT2D eigenvalue weighted by Crippen LogP contribution is -2.32. The number of methoxy groups -OCH3 is 1. The Morgan fingerprint density at radius 1 is 1.14 bits per heavy atom. The Labute approximate surface area is 170 Å². The lowest BCUT2D eigenvalue weighted by Gasteiger charge is -2.22. The number of rotatable bonds is 11. The molecule has 9 heteroatoms. The summed E-state index contributed by atoms with van der Waals surface area (Å²) in [6, 6.07) is 12.4. The van der Waals surface area contributed by atoms with Gasteiger partial charge in [-0.2, -0.15) is 0 Å². The van der Waals surface area contributed by atoms with Gasteiger partial charge in [0, 0.05) is 19.0 Å². The van der Waals surface area contributed by atoms with Gasteiger partial charge < -0.3 is 14.8 Å². The number of nitrogens with one attached hydrogen (secondary N) is 1. The zero-order chi connectivity index (χ0) is 21.3. The van der Waals surface area contributed by atoms with Gasteiger partial charge in [0.25, 0.3) is 0 Å². The fraction of sp³-hybridized carbons (Fsp3) is 0.350. The number of halogens is 1. The molecule has 2 aromatic rings. The first-order valence-electron chi connectivity index (χ1n) is 9.06. The fourth-order valence-corrected chi connectivity index (χ4v) is 3.57.